The van der Waals surface area contributed by atoms with Gasteiger partial charge < -0.3 is 19.5 Å². The van der Waals surface area contributed by atoms with E-state index < -0.39 is 17.9 Å². The number of aliphatic hydroxyl groups is 1. The van der Waals surface area contributed by atoms with Gasteiger partial charge in [0.25, 0.3) is 0 Å². The topological polar surface area (TPSA) is 71.7 Å². The van der Waals surface area contributed by atoms with Gasteiger partial charge >= 0.3 is 5.97 Å². The first-order valence-corrected chi connectivity index (χ1v) is 11.4. The number of halogens is 1. The van der Waals surface area contributed by atoms with E-state index in [4.69, 9.17) is 4.74 Å². The number of aliphatic hydroxyl groups excluding tert-OH is 1. The zero-order valence-electron chi connectivity index (χ0n) is 19.1. The molecule has 176 valence electrons. The lowest BCUT2D eigenvalue weighted by atomic mass is 10.1. The minimum Gasteiger partial charge on any atom is -0.507 e. The summed E-state index contributed by atoms with van der Waals surface area (Å²) in [5.41, 5.74) is 3.14. The predicted octanol–water partition coefficient (Wildman–Crippen LogP) is 5.25. The van der Waals surface area contributed by atoms with Crippen LogP contribution in [-0.2, 0) is 24.1 Å². The SMILES string of the molecule is CCCc1cc(O)c(Cn2cc(C[C@H](O)COC(=O)c3ccccc3)c3ccccc32)c(F)c1. The molecule has 0 bridgehead atoms. The first-order chi connectivity index (χ1) is 16.5. The Morgan fingerprint density at radius 3 is 2.56 bits per heavy atom. The number of phenols is 1. The van der Waals surface area contributed by atoms with Gasteiger partial charge in [0.2, 0.25) is 0 Å². The van der Waals surface area contributed by atoms with Crippen LogP contribution in [0.4, 0.5) is 4.39 Å². The molecule has 6 heteroatoms. The molecule has 0 aliphatic heterocycles. The monoisotopic (exact) mass is 461 g/mol. The number of aromatic nitrogens is 1. The number of phenolic OH excluding ortho intramolecular Hbond substituents is 1. The number of carbonyl (C=O) groups excluding carboxylic acids is 1. The first kappa shape index (κ1) is 23.5. The third-order valence-electron chi connectivity index (χ3n) is 5.84. The molecule has 0 aliphatic rings. The van der Waals surface area contributed by atoms with Gasteiger partial charge in [-0.05, 0) is 47.9 Å². The first-order valence-electron chi connectivity index (χ1n) is 11.4. The minimum atomic E-state index is -0.898. The largest absolute Gasteiger partial charge is 0.507 e. The molecule has 0 saturated heterocycles. The van der Waals surface area contributed by atoms with Crippen LogP contribution in [0, 0.1) is 5.82 Å². The fraction of sp³-hybridized carbons (Fsp3) is 0.250. The van der Waals surface area contributed by atoms with Crippen molar-refractivity contribution in [2.45, 2.75) is 38.8 Å². The number of nitrogens with zero attached hydrogens (tertiary/aromatic N) is 1. The van der Waals surface area contributed by atoms with Gasteiger partial charge in [0.15, 0.2) is 0 Å². The number of hydrogen-bond donors (Lipinski definition) is 2. The number of aromatic hydroxyl groups is 1. The van der Waals surface area contributed by atoms with Gasteiger partial charge in [0, 0.05) is 29.1 Å². The normalized spacial score (nSPS) is 12.1. The molecule has 3 aromatic carbocycles. The van der Waals surface area contributed by atoms with Crippen LogP contribution >= 0.6 is 0 Å². The van der Waals surface area contributed by atoms with Crippen molar-refractivity contribution in [1.29, 1.82) is 0 Å². The van der Waals surface area contributed by atoms with Crippen LogP contribution in [0.25, 0.3) is 10.9 Å². The Labute approximate surface area is 198 Å². The smallest absolute Gasteiger partial charge is 0.338 e. The Bertz CT molecular complexity index is 1260. The van der Waals surface area contributed by atoms with Crippen molar-refractivity contribution in [2.75, 3.05) is 6.61 Å². The van der Waals surface area contributed by atoms with Gasteiger partial charge in [0.05, 0.1) is 18.2 Å². The average Bonchev–Trinajstić information content (AvgIpc) is 3.18. The van der Waals surface area contributed by atoms with Crippen molar-refractivity contribution in [3.63, 3.8) is 0 Å². The lowest BCUT2D eigenvalue weighted by Gasteiger charge is -2.11. The molecule has 2 N–H and O–H groups in total. The second-order valence-corrected chi connectivity index (χ2v) is 8.45. The molecule has 1 atom stereocenters. The van der Waals surface area contributed by atoms with Crippen LogP contribution in [0.5, 0.6) is 5.75 Å². The van der Waals surface area contributed by atoms with Crippen molar-refractivity contribution in [3.05, 3.63) is 101 Å². The summed E-state index contributed by atoms with van der Waals surface area (Å²) in [6.07, 6.45) is 2.79. The molecule has 0 spiro atoms. The number of fused-ring (bicyclic) bond motifs is 1. The number of hydrogen-bond acceptors (Lipinski definition) is 4. The molecule has 4 rings (SSSR count). The molecule has 0 radical (unpaired) electrons. The van der Waals surface area contributed by atoms with E-state index in [0.717, 1.165) is 28.5 Å². The Balaban J connectivity index is 1.51. The maximum Gasteiger partial charge on any atom is 0.338 e. The number of ether oxygens (including phenoxy) is 1. The van der Waals surface area contributed by atoms with E-state index in [0.29, 0.717) is 12.0 Å². The fourth-order valence-corrected chi connectivity index (χ4v) is 4.20. The second kappa shape index (κ2) is 10.5. The van der Waals surface area contributed by atoms with Gasteiger partial charge in [0.1, 0.15) is 18.2 Å². The minimum absolute atomic E-state index is 0.0596. The number of carbonyl (C=O) groups is 1. The lowest BCUT2D eigenvalue weighted by Crippen LogP contribution is -2.20. The molecule has 1 aromatic heterocycles. The number of rotatable bonds is 9. The van der Waals surface area contributed by atoms with Gasteiger partial charge in [-0.25, -0.2) is 9.18 Å². The van der Waals surface area contributed by atoms with E-state index in [1.165, 1.54) is 6.07 Å². The van der Waals surface area contributed by atoms with E-state index in [-0.39, 0.29) is 30.9 Å². The van der Waals surface area contributed by atoms with Crippen LogP contribution in [0.1, 0.15) is 40.4 Å². The molecule has 34 heavy (non-hydrogen) atoms. The van der Waals surface area contributed by atoms with Crippen LogP contribution < -0.4 is 0 Å². The number of esters is 1. The van der Waals surface area contributed by atoms with Crippen LogP contribution in [-0.4, -0.2) is 33.5 Å². The van der Waals surface area contributed by atoms with Crippen molar-refractivity contribution in [3.8, 4) is 5.75 Å². The van der Waals surface area contributed by atoms with E-state index in [2.05, 4.69) is 0 Å². The standard InChI is InChI=1S/C28H28FNO4/c1-2-8-19-13-25(29)24(27(32)14-19)17-30-16-21(23-11-6-7-12-26(23)30)15-22(31)18-34-28(33)20-9-4-3-5-10-20/h3-7,9-14,16,22,31-32H,2,8,15,17-18H2,1H3/t22-/m0/s1. The quantitative estimate of drug-likeness (QED) is 0.334. The molecule has 1 heterocycles. The fourth-order valence-electron chi connectivity index (χ4n) is 4.20. The Kier molecular flexibility index (Phi) is 7.28. The van der Waals surface area contributed by atoms with Crippen molar-refractivity contribution in [1.82, 2.24) is 4.57 Å². The Morgan fingerprint density at radius 1 is 1.09 bits per heavy atom. The molecule has 0 saturated carbocycles. The summed E-state index contributed by atoms with van der Waals surface area (Å²) in [6.45, 7) is 2.03. The maximum atomic E-state index is 14.8. The Morgan fingerprint density at radius 2 is 1.82 bits per heavy atom. The molecule has 4 aromatic rings. The molecule has 0 aliphatic carbocycles. The van der Waals surface area contributed by atoms with Gasteiger partial charge in [-0.15, -0.1) is 0 Å². The van der Waals surface area contributed by atoms with E-state index in [9.17, 15) is 19.4 Å². The number of benzene rings is 3. The predicted molar refractivity (Wildman–Crippen MR) is 130 cm³/mol. The summed E-state index contributed by atoms with van der Waals surface area (Å²) in [5, 5.41) is 21.9. The molecular formula is C28H28FNO4. The summed E-state index contributed by atoms with van der Waals surface area (Å²) < 4.78 is 21.9. The highest BCUT2D eigenvalue weighted by molar-refractivity contribution is 5.89. The molecular weight excluding hydrogens is 433 g/mol. The summed E-state index contributed by atoms with van der Waals surface area (Å²) in [6, 6.07) is 19.4. The lowest BCUT2D eigenvalue weighted by molar-refractivity contribution is 0.0259. The molecule has 0 fully saturated rings. The van der Waals surface area contributed by atoms with E-state index in [1.54, 1.807) is 30.3 Å². The van der Waals surface area contributed by atoms with Crippen LogP contribution in [0.15, 0.2) is 72.9 Å². The molecule has 0 unspecified atom stereocenters. The summed E-state index contributed by atoms with van der Waals surface area (Å²) in [7, 11) is 0. The van der Waals surface area contributed by atoms with Crippen molar-refractivity contribution < 1.29 is 24.1 Å². The average molecular weight is 462 g/mol. The third-order valence-corrected chi connectivity index (χ3v) is 5.84. The van der Waals surface area contributed by atoms with Crippen LogP contribution in [0.3, 0.4) is 0 Å². The summed E-state index contributed by atoms with van der Waals surface area (Å²) >= 11 is 0. The molecule has 0 amide bonds. The highest BCUT2D eigenvalue weighted by Crippen LogP contribution is 2.28. The zero-order valence-corrected chi connectivity index (χ0v) is 19.1. The van der Waals surface area contributed by atoms with Gasteiger partial charge in [-0.1, -0.05) is 49.7 Å². The van der Waals surface area contributed by atoms with Gasteiger partial charge in [-0.2, -0.15) is 0 Å². The van der Waals surface area contributed by atoms with Crippen LogP contribution in [0.2, 0.25) is 0 Å². The summed E-state index contributed by atoms with van der Waals surface area (Å²) in [5.74, 6) is -0.981. The highest BCUT2D eigenvalue weighted by atomic mass is 19.1. The number of para-hydroxylation sites is 1. The Hall–Kier alpha value is -3.64. The second-order valence-electron chi connectivity index (χ2n) is 8.45. The van der Waals surface area contributed by atoms with Crippen molar-refractivity contribution in [2.24, 2.45) is 0 Å². The third kappa shape index (κ3) is 5.29. The van der Waals surface area contributed by atoms with E-state index >= 15 is 0 Å². The number of aryl methyl sites for hydroxylation is 1. The zero-order chi connectivity index (χ0) is 24.1. The van der Waals surface area contributed by atoms with Crippen molar-refractivity contribution >= 4 is 16.9 Å². The van der Waals surface area contributed by atoms with Gasteiger partial charge in [-0.3, -0.25) is 0 Å². The highest BCUT2D eigenvalue weighted by Gasteiger charge is 2.17. The summed E-state index contributed by atoms with van der Waals surface area (Å²) in [4.78, 5) is 12.2. The van der Waals surface area contributed by atoms with E-state index in [1.807, 2.05) is 48.0 Å². The maximum absolute atomic E-state index is 14.8. The molecule has 5 nitrogen and oxygen atoms in total.